The number of carbonyl (C=O) groups is 1. The first-order chi connectivity index (χ1) is 9.74. The zero-order chi connectivity index (χ0) is 14.4. The molecule has 110 valence electrons. The topological polar surface area (TPSA) is 61.8 Å². The van der Waals surface area contributed by atoms with Crippen molar-refractivity contribution in [3.8, 4) is 0 Å². The summed E-state index contributed by atoms with van der Waals surface area (Å²) >= 11 is 0. The summed E-state index contributed by atoms with van der Waals surface area (Å²) in [5.74, 6) is 0. The number of benzene rings is 1. The molecular formula is C15H22N2O3. The van der Waals surface area contributed by atoms with E-state index in [1.807, 2.05) is 24.3 Å². The van der Waals surface area contributed by atoms with Crippen LogP contribution in [0.3, 0.4) is 0 Å². The third kappa shape index (κ3) is 4.21. The molecule has 2 amide bonds. The van der Waals surface area contributed by atoms with Gasteiger partial charge in [-0.05, 0) is 24.0 Å². The summed E-state index contributed by atoms with van der Waals surface area (Å²) in [6.07, 6.45) is 2.08. The van der Waals surface area contributed by atoms with Gasteiger partial charge >= 0.3 is 6.03 Å². The maximum Gasteiger partial charge on any atom is 0.317 e. The zero-order valence-electron chi connectivity index (χ0n) is 11.8. The monoisotopic (exact) mass is 278 g/mol. The predicted octanol–water partition coefficient (Wildman–Crippen LogP) is 1.50. The number of hydrogen-bond donors (Lipinski definition) is 2. The van der Waals surface area contributed by atoms with Crippen molar-refractivity contribution in [3.05, 3.63) is 35.4 Å². The van der Waals surface area contributed by atoms with Crippen LogP contribution in [0, 0.1) is 0 Å². The van der Waals surface area contributed by atoms with Crippen molar-refractivity contribution >= 4 is 6.03 Å². The molecule has 1 aromatic carbocycles. The molecule has 0 saturated heterocycles. The predicted molar refractivity (Wildman–Crippen MR) is 76.2 cm³/mol. The number of hydrogen-bond acceptors (Lipinski definition) is 3. The summed E-state index contributed by atoms with van der Waals surface area (Å²) in [5.41, 5.74) is 2.17. The lowest BCUT2D eigenvalue weighted by atomic mass is 10.1. The van der Waals surface area contributed by atoms with Gasteiger partial charge < -0.3 is 20.1 Å². The zero-order valence-corrected chi connectivity index (χ0v) is 11.8. The van der Waals surface area contributed by atoms with E-state index in [2.05, 4.69) is 5.32 Å². The van der Waals surface area contributed by atoms with Crippen molar-refractivity contribution in [1.82, 2.24) is 10.2 Å². The van der Waals surface area contributed by atoms with Gasteiger partial charge in [-0.25, -0.2) is 4.79 Å². The highest BCUT2D eigenvalue weighted by Crippen LogP contribution is 2.26. The Morgan fingerprint density at radius 1 is 1.35 bits per heavy atom. The van der Waals surface area contributed by atoms with Crippen LogP contribution in [-0.2, 0) is 17.9 Å². The Balaban J connectivity index is 1.82. The molecule has 5 heteroatoms. The number of urea groups is 1. The molecular weight excluding hydrogens is 256 g/mol. The van der Waals surface area contributed by atoms with Crippen LogP contribution in [0.1, 0.15) is 24.0 Å². The minimum Gasteiger partial charge on any atom is -0.395 e. The van der Waals surface area contributed by atoms with Crippen LogP contribution in [0.25, 0.3) is 0 Å². The number of nitrogens with one attached hydrogen (secondary N) is 1. The summed E-state index contributed by atoms with van der Waals surface area (Å²) in [7, 11) is 1.67. The molecule has 20 heavy (non-hydrogen) atoms. The lowest BCUT2D eigenvalue weighted by Gasteiger charge is -2.21. The molecule has 0 radical (unpaired) electrons. The first-order valence-electron chi connectivity index (χ1n) is 6.96. The third-order valence-electron chi connectivity index (χ3n) is 3.37. The van der Waals surface area contributed by atoms with Crippen molar-refractivity contribution in [2.24, 2.45) is 0 Å². The van der Waals surface area contributed by atoms with Crippen LogP contribution in [0.2, 0.25) is 0 Å². The van der Waals surface area contributed by atoms with Gasteiger partial charge in [0.15, 0.2) is 0 Å². The van der Waals surface area contributed by atoms with Crippen LogP contribution in [0.15, 0.2) is 24.3 Å². The van der Waals surface area contributed by atoms with Gasteiger partial charge in [0.1, 0.15) is 0 Å². The SMILES string of the molecule is COCc1ccc(CNC(=O)N(CCO)C2CC2)cc1. The van der Waals surface area contributed by atoms with E-state index in [4.69, 9.17) is 9.84 Å². The lowest BCUT2D eigenvalue weighted by Crippen LogP contribution is -2.42. The molecule has 0 aromatic heterocycles. The summed E-state index contributed by atoms with van der Waals surface area (Å²) in [6, 6.07) is 8.19. The van der Waals surface area contributed by atoms with Gasteiger partial charge in [0.2, 0.25) is 0 Å². The normalized spacial score (nSPS) is 14.1. The Morgan fingerprint density at radius 2 is 2.00 bits per heavy atom. The molecule has 2 N–H and O–H groups in total. The minimum atomic E-state index is -0.0949. The third-order valence-corrected chi connectivity index (χ3v) is 3.37. The summed E-state index contributed by atoms with van der Waals surface area (Å²) < 4.78 is 5.06. The first kappa shape index (κ1) is 14.8. The number of carbonyl (C=O) groups excluding carboxylic acids is 1. The fourth-order valence-corrected chi connectivity index (χ4v) is 2.14. The number of ether oxygens (including phenoxy) is 1. The highest BCUT2D eigenvalue weighted by atomic mass is 16.5. The average Bonchev–Trinajstić information content (AvgIpc) is 3.28. The minimum absolute atomic E-state index is 0.00956. The van der Waals surface area contributed by atoms with Gasteiger partial charge in [-0.2, -0.15) is 0 Å². The van der Waals surface area contributed by atoms with E-state index in [0.29, 0.717) is 25.7 Å². The Hall–Kier alpha value is -1.59. The molecule has 5 nitrogen and oxygen atoms in total. The molecule has 2 rings (SSSR count). The summed E-state index contributed by atoms with van der Waals surface area (Å²) in [5, 5.41) is 11.9. The molecule has 1 aliphatic carbocycles. The maximum atomic E-state index is 12.0. The van der Waals surface area contributed by atoms with Crippen molar-refractivity contribution in [2.45, 2.75) is 32.0 Å². The molecule has 0 heterocycles. The molecule has 1 aromatic rings. The Morgan fingerprint density at radius 3 is 2.55 bits per heavy atom. The standard InChI is InChI=1S/C15H22N2O3/c1-20-11-13-4-2-12(3-5-13)10-16-15(19)17(8-9-18)14-6-7-14/h2-5,14,18H,6-11H2,1H3,(H,16,19). The fourth-order valence-electron chi connectivity index (χ4n) is 2.14. The van der Waals surface area contributed by atoms with Crippen LogP contribution in [0.5, 0.6) is 0 Å². The Kier molecular flexibility index (Phi) is 5.38. The van der Waals surface area contributed by atoms with Gasteiger partial charge in [0, 0.05) is 26.2 Å². The molecule has 0 spiro atoms. The molecule has 0 atom stereocenters. The van der Waals surface area contributed by atoms with Crippen molar-refractivity contribution < 1.29 is 14.6 Å². The van der Waals surface area contributed by atoms with Crippen LogP contribution < -0.4 is 5.32 Å². The number of amides is 2. The number of methoxy groups -OCH3 is 1. The van der Waals surface area contributed by atoms with Gasteiger partial charge in [-0.15, -0.1) is 0 Å². The van der Waals surface area contributed by atoms with Crippen LogP contribution in [0.4, 0.5) is 4.79 Å². The van der Waals surface area contributed by atoms with Gasteiger partial charge in [-0.3, -0.25) is 0 Å². The Labute approximate surface area is 119 Å². The van der Waals surface area contributed by atoms with Gasteiger partial charge in [-0.1, -0.05) is 24.3 Å². The Bertz CT molecular complexity index is 429. The van der Waals surface area contributed by atoms with Crippen molar-refractivity contribution in [3.63, 3.8) is 0 Å². The molecule has 1 aliphatic rings. The van der Waals surface area contributed by atoms with E-state index in [1.54, 1.807) is 12.0 Å². The second-order valence-corrected chi connectivity index (χ2v) is 5.06. The quantitative estimate of drug-likeness (QED) is 0.794. The average molecular weight is 278 g/mol. The van der Waals surface area contributed by atoms with Gasteiger partial charge in [0.25, 0.3) is 0 Å². The lowest BCUT2D eigenvalue weighted by molar-refractivity contribution is 0.173. The maximum absolute atomic E-state index is 12.0. The summed E-state index contributed by atoms with van der Waals surface area (Å²) in [6.45, 7) is 1.51. The first-order valence-corrected chi connectivity index (χ1v) is 6.96. The van der Waals surface area contributed by atoms with E-state index in [9.17, 15) is 4.79 Å². The molecule has 0 aliphatic heterocycles. The number of rotatable bonds is 7. The fraction of sp³-hybridized carbons (Fsp3) is 0.533. The second-order valence-electron chi connectivity index (χ2n) is 5.06. The van der Waals surface area contributed by atoms with E-state index >= 15 is 0 Å². The second kappa shape index (κ2) is 7.26. The van der Waals surface area contributed by atoms with Gasteiger partial charge in [0.05, 0.1) is 13.2 Å². The van der Waals surface area contributed by atoms with Crippen molar-refractivity contribution in [1.29, 1.82) is 0 Å². The van der Waals surface area contributed by atoms with Crippen molar-refractivity contribution in [2.75, 3.05) is 20.3 Å². The number of aliphatic hydroxyl groups excluding tert-OH is 1. The largest absolute Gasteiger partial charge is 0.395 e. The molecule has 0 unspecified atom stereocenters. The molecule has 0 bridgehead atoms. The highest BCUT2D eigenvalue weighted by molar-refractivity contribution is 5.74. The number of nitrogens with zero attached hydrogens (tertiary/aromatic N) is 1. The van der Waals surface area contributed by atoms with E-state index in [1.165, 1.54) is 0 Å². The molecule has 1 fully saturated rings. The van der Waals surface area contributed by atoms with E-state index < -0.39 is 0 Å². The summed E-state index contributed by atoms with van der Waals surface area (Å²) in [4.78, 5) is 13.8. The number of aliphatic hydroxyl groups is 1. The molecule has 1 saturated carbocycles. The smallest absolute Gasteiger partial charge is 0.317 e. The van der Waals surface area contributed by atoms with Crippen LogP contribution in [-0.4, -0.2) is 42.3 Å². The van der Waals surface area contributed by atoms with Crippen LogP contribution >= 0.6 is 0 Å². The van der Waals surface area contributed by atoms with E-state index in [-0.39, 0.29) is 12.6 Å². The highest BCUT2D eigenvalue weighted by Gasteiger charge is 2.31. The van der Waals surface area contributed by atoms with E-state index in [0.717, 1.165) is 24.0 Å².